The summed E-state index contributed by atoms with van der Waals surface area (Å²) < 4.78 is 0. The molecular formula is C15H27NO2. The molecule has 1 fully saturated rings. The van der Waals surface area contributed by atoms with Gasteiger partial charge in [-0.05, 0) is 12.8 Å². The van der Waals surface area contributed by atoms with Gasteiger partial charge < -0.3 is 0 Å². The molecule has 1 aliphatic rings. The Balaban J connectivity index is 1.94. The van der Waals surface area contributed by atoms with Crippen molar-refractivity contribution in [2.24, 2.45) is 5.92 Å². The highest BCUT2D eigenvalue weighted by Gasteiger charge is 2.25. The van der Waals surface area contributed by atoms with Crippen LogP contribution in [0.5, 0.6) is 0 Å². The van der Waals surface area contributed by atoms with E-state index in [0.29, 0.717) is 6.42 Å². The fourth-order valence-corrected chi connectivity index (χ4v) is 2.54. The van der Waals surface area contributed by atoms with Gasteiger partial charge in [-0.15, -0.1) is 0 Å². The molecule has 104 valence electrons. The molecule has 1 saturated heterocycles. The number of carbonyl (C=O) groups excluding carboxylic acids is 2. The minimum atomic E-state index is -0.104. The normalized spacial score (nSPS) is 19.9. The van der Waals surface area contributed by atoms with E-state index in [1.54, 1.807) is 0 Å². The summed E-state index contributed by atoms with van der Waals surface area (Å²) in [5, 5.41) is 2.43. The average Bonchev–Trinajstić information content (AvgIpc) is 2.35. The van der Waals surface area contributed by atoms with Crippen LogP contribution in [0, 0.1) is 5.92 Å². The number of imide groups is 1. The van der Waals surface area contributed by atoms with Crippen LogP contribution >= 0.6 is 0 Å². The number of hydrogen-bond acceptors (Lipinski definition) is 2. The van der Waals surface area contributed by atoms with Crippen molar-refractivity contribution in [2.75, 3.05) is 0 Å². The molecule has 2 amide bonds. The second-order valence-electron chi connectivity index (χ2n) is 5.41. The molecule has 1 unspecified atom stereocenters. The first-order valence-electron chi connectivity index (χ1n) is 7.57. The first kappa shape index (κ1) is 15.2. The monoisotopic (exact) mass is 253 g/mol. The summed E-state index contributed by atoms with van der Waals surface area (Å²) >= 11 is 0. The SMILES string of the molecule is CCCCCCCCCCC1CCC(=O)NC1=O. The number of hydrogen-bond donors (Lipinski definition) is 1. The summed E-state index contributed by atoms with van der Waals surface area (Å²) in [6.07, 6.45) is 12.6. The van der Waals surface area contributed by atoms with Crippen molar-refractivity contribution in [1.29, 1.82) is 0 Å². The predicted octanol–water partition coefficient (Wildman–Crippen LogP) is 3.57. The zero-order valence-electron chi connectivity index (χ0n) is 11.7. The van der Waals surface area contributed by atoms with Gasteiger partial charge in [-0.3, -0.25) is 14.9 Å². The number of amides is 2. The molecule has 18 heavy (non-hydrogen) atoms. The van der Waals surface area contributed by atoms with Crippen LogP contribution in [0.3, 0.4) is 0 Å². The molecule has 0 aromatic rings. The van der Waals surface area contributed by atoms with Crippen LogP contribution in [0.4, 0.5) is 0 Å². The maximum atomic E-state index is 11.5. The Hall–Kier alpha value is -0.860. The smallest absolute Gasteiger partial charge is 0.229 e. The molecule has 3 heteroatoms. The van der Waals surface area contributed by atoms with Gasteiger partial charge in [-0.1, -0.05) is 58.3 Å². The Morgan fingerprint density at radius 3 is 2.22 bits per heavy atom. The molecule has 1 rings (SSSR count). The second kappa shape index (κ2) is 9.12. The summed E-state index contributed by atoms with van der Waals surface area (Å²) in [6, 6.07) is 0. The van der Waals surface area contributed by atoms with Gasteiger partial charge in [-0.25, -0.2) is 0 Å². The predicted molar refractivity (Wildman–Crippen MR) is 73.1 cm³/mol. The van der Waals surface area contributed by atoms with Crippen LogP contribution in [-0.2, 0) is 9.59 Å². The minimum Gasteiger partial charge on any atom is -0.296 e. The van der Waals surface area contributed by atoms with Gasteiger partial charge in [0.2, 0.25) is 11.8 Å². The molecule has 0 aromatic carbocycles. The Bertz CT molecular complexity index is 263. The number of piperidine rings is 1. The van der Waals surface area contributed by atoms with Crippen LogP contribution in [-0.4, -0.2) is 11.8 Å². The van der Waals surface area contributed by atoms with Crippen molar-refractivity contribution in [3.63, 3.8) is 0 Å². The van der Waals surface area contributed by atoms with E-state index < -0.39 is 0 Å². The first-order chi connectivity index (χ1) is 8.74. The molecule has 1 aliphatic heterocycles. The molecule has 1 atom stereocenters. The molecule has 1 N–H and O–H groups in total. The van der Waals surface area contributed by atoms with Crippen LogP contribution in [0.15, 0.2) is 0 Å². The Morgan fingerprint density at radius 2 is 1.61 bits per heavy atom. The molecule has 0 aromatic heterocycles. The second-order valence-corrected chi connectivity index (χ2v) is 5.41. The van der Waals surface area contributed by atoms with Crippen LogP contribution in [0.2, 0.25) is 0 Å². The van der Waals surface area contributed by atoms with E-state index in [-0.39, 0.29) is 17.7 Å². The van der Waals surface area contributed by atoms with E-state index in [2.05, 4.69) is 12.2 Å². The third-order valence-electron chi connectivity index (χ3n) is 3.76. The summed E-state index contributed by atoms with van der Waals surface area (Å²) in [7, 11) is 0. The highest BCUT2D eigenvalue weighted by Crippen LogP contribution is 2.20. The summed E-state index contributed by atoms with van der Waals surface area (Å²) in [5.41, 5.74) is 0. The lowest BCUT2D eigenvalue weighted by Crippen LogP contribution is -2.40. The Morgan fingerprint density at radius 1 is 1.00 bits per heavy atom. The zero-order chi connectivity index (χ0) is 13.2. The maximum Gasteiger partial charge on any atom is 0.229 e. The van der Waals surface area contributed by atoms with E-state index in [9.17, 15) is 9.59 Å². The molecule has 0 aliphatic carbocycles. The first-order valence-corrected chi connectivity index (χ1v) is 7.57. The van der Waals surface area contributed by atoms with E-state index in [1.807, 2.05) is 0 Å². The van der Waals surface area contributed by atoms with Gasteiger partial charge in [0, 0.05) is 12.3 Å². The highest BCUT2D eigenvalue weighted by molar-refractivity contribution is 5.98. The van der Waals surface area contributed by atoms with Crippen molar-refractivity contribution in [3.8, 4) is 0 Å². The van der Waals surface area contributed by atoms with Gasteiger partial charge >= 0.3 is 0 Å². The Kier molecular flexibility index (Phi) is 7.70. The molecular weight excluding hydrogens is 226 g/mol. The van der Waals surface area contributed by atoms with E-state index in [0.717, 1.165) is 19.3 Å². The van der Waals surface area contributed by atoms with Gasteiger partial charge in [0.25, 0.3) is 0 Å². The average molecular weight is 253 g/mol. The van der Waals surface area contributed by atoms with Crippen molar-refractivity contribution in [2.45, 2.75) is 77.6 Å². The third-order valence-corrected chi connectivity index (χ3v) is 3.76. The van der Waals surface area contributed by atoms with Gasteiger partial charge in [0.15, 0.2) is 0 Å². The number of rotatable bonds is 9. The molecule has 0 bridgehead atoms. The summed E-state index contributed by atoms with van der Waals surface area (Å²) in [5.74, 6) is -0.0656. The van der Waals surface area contributed by atoms with Crippen molar-refractivity contribution in [1.82, 2.24) is 5.32 Å². The summed E-state index contributed by atoms with van der Waals surface area (Å²) in [4.78, 5) is 22.5. The number of nitrogens with one attached hydrogen (secondary N) is 1. The van der Waals surface area contributed by atoms with Crippen LogP contribution in [0.1, 0.15) is 77.6 Å². The topological polar surface area (TPSA) is 46.2 Å². The van der Waals surface area contributed by atoms with E-state index in [4.69, 9.17) is 0 Å². The standard InChI is InChI=1S/C15H27NO2/c1-2-3-4-5-6-7-8-9-10-13-11-12-14(17)16-15(13)18/h13H,2-12H2,1H3,(H,16,17,18). The lowest BCUT2D eigenvalue weighted by molar-refractivity contribution is -0.136. The summed E-state index contributed by atoms with van der Waals surface area (Å²) in [6.45, 7) is 2.24. The van der Waals surface area contributed by atoms with Crippen molar-refractivity contribution < 1.29 is 9.59 Å². The van der Waals surface area contributed by atoms with E-state index in [1.165, 1.54) is 44.9 Å². The van der Waals surface area contributed by atoms with E-state index >= 15 is 0 Å². The molecule has 0 saturated carbocycles. The number of unbranched alkanes of at least 4 members (excludes halogenated alkanes) is 7. The lowest BCUT2D eigenvalue weighted by Gasteiger charge is -2.20. The van der Waals surface area contributed by atoms with Gasteiger partial charge in [0.05, 0.1) is 0 Å². The zero-order valence-corrected chi connectivity index (χ0v) is 11.7. The molecule has 3 nitrogen and oxygen atoms in total. The molecule has 1 heterocycles. The van der Waals surface area contributed by atoms with Gasteiger partial charge in [0.1, 0.15) is 0 Å². The van der Waals surface area contributed by atoms with Crippen LogP contribution in [0.25, 0.3) is 0 Å². The lowest BCUT2D eigenvalue weighted by atomic mass is 9.92. The van der Waals surface area contributed by atoms with Crippen molar-refractivity contribution >= 4 is 11.8 Å². The van der Waals surface area contributed by atoms with Gasteiger partial charge in [-0.2, -0.15) is 0 Å². The van der Waals surface area contributed by atoms with Crippen molar-refractivity contribution in [3.05, 3.63) is 0 Å². The quantitative estimate of drug-likeness (QED) is 0.504. The fourth-order valence-electron chi connectivity index (χ4n) is 2.54. The largest absolute Gasteiger partial charge is 0.296 e. The fraction of sp³-hybridized carbons (Fsp3) is 0.867. The van der Waals surface area contributed by atoms with Crippen LogP contribution < -0.4 is 5.32 Å². The maximum absolute atomic E-state index is 11.5. The minimum absolute atomic E-state index is 0.0470. The highest BCUT2D eigenvalue weighted by atomic mass is 16.2. The molecule has 0 spiro atoms. The number of carbonyl (C=O) groups is 2. The Labute approximate surface area is 111 Å². The third kappa shape index (κ3) is 6.18. The molecule has 0 radical (unpaired) electrons.